The molecule has 0 aromatic carbocycles. The van der Waals surface area contributed by atoms with Gasteiger partial charge in [0, 0.05) is 33.4 Å². The molecule has 0 amide bonds. The molecule has 0 bridgehead atoms. The SMILES string of the molecule is CCCCCCCCCCCCCCCCCCCC(N)CCC[Si](OC)(OC)OC.Cl. The molecular weight excluding hydrogens is 438 g/mol. The zero-order valence-electron chi connectivity index (χ0n) is 22.1. The number of unbranched alkanes of at least 4 members (excludes halogenated alkanes) is 16. The summed E-state index contributed by atoms with van der Waals surface area (Å²) in [5, 5.41) is 0. The third-order valence-electron chi connectivity index (χ3n) is 6.67. The van der Waals surface area contributed by atoms with E-state index in [1.807, 2.05) is 0 Å². The molecule has 0 aromatic rings. The minimum absolute atomic E-state index is 0. The molecule has 0 radical (unpaired) electrons. The molecular formula is C26H58ClNO3Si. The Bertz CT molecular complexity index is 352. The molecule has 0 fully saturated rings. The Morgan fingerprint density at radius 2 is 0.844 bits per heavy atom. The van der Waals surface area contributed by atoms with Crippen LogP contribution in [0.5, 0.6) is 0 Å². The van der Waals surface area contributed by atoms with Crippen molar-refractivity contribution in [3.63, 3.8) is 0 Å². The highest BCUT2D eigenvalue weighted by Crippen LogP contribution is 2.19. The first-order valence-corrected chi connectivity index (χ1v) is 15.5. The molecule has 0 aromatic heterocycles. The fourth-order valence-electron chi connectivity index (χ4n) is 4.41. The molecule has 6 heteroatoms. The van der Waals surface area contributed by atoms with E-state index in [9.17, 15) is 0 Å². The molecule has 0 saturated carbocycles. The molecule has 0 spiro atoms. The van der Waals surface area contributed by atoms with Crippen LogP contribution in [0.2, 0.25) is 6.04 Å². The van der Waals surface area contributed by atoms with Crippen LogP contribution in [0.3, 0.4) is 0 Å². The van der Waals surface area contributed by atoms with Gasteiger partial charge in [-0.2, -0.15) is 0 Å². The lowest BCUT2D eigenvalue weighted by atomic mass is 10.0. The third kappa shape index (κ3) is 20.9. The predicted molar refractivity (Wildman–Crippen MR) is 145 cm³/mol. The van der Waals surface area contributed by atoms with Crippen molar-refractivity contribution in [3.8, 4) is 0 Å². The summed E-state index contributed by atoms with van der Waals surface area (Å²) in [5.41, 5.74) is 6.29. The number of nitrogens with two attached hydrogens (primary N) is 1. The predicted octanol–water partition coefficient (Wildman–Crippen LogP) is 8.44. The van der Waals surface area contributed by atoms with Gasteiger partial charge in [0.05, 0.1) is 0 Å². The monoisotopic (exact) mass is 495 g/mol. The summed E-state index contributed by atoms with van der Waals surface area (Å²) < 4.78 is 16.4. The fraction of sp³-hybridized carbons (Fsp3) is 1.00. The molecule has 32 heavy (non-hydrogen) atoms. The van der Waals surface area contributed by atoms with Crippen molar-refractivity contribution in [2.45, 2.75) is 147 Å². The second-order valence-corrected chi connectivity index (χ2v) is 12.5. The van der Waals surface area contributed by atoms with E-state index in [2.05, 4.69) is 6.92 Å². The van der Waals surface area contributed by atoms with Gasteiger partial charge in [0.1, 0.15) is 0 Å². The van der Waals surface area contributed by atoms with Gasteiger partial charge in [0.15, 0.2) is 0 Å². The summed E-state index contributed by atoms with van der Waals surface area (Å²) in [4.78, 5) is 0. The van der Waals surface area contributed by atoms with Gasteiger partial charge in [0.2, 0.25) is 0 Å². The first-order chi connectivity index (χ1) is 15.1. The van der Waals surface area contributed by atoms with Crippen molar-refractivity contribution in [1.29, 1.82) is 0 Å². The minimum Gasteiger partial charge on any atom is -0.377 e. The van der Waals surface area contributed by atoms with Crippen LogP contribution in [0.15, 0.2) is 0 Å². The lowest BCUT2D eigenvalue weighted by Crippen LogP contribution is -2.42. The highest BCUT2D eigenvalue weighted by Gasteiger charge is 2.36. The molecule has 0 aliphatic carbocycles. The fourth-order valence-corrected chi connectivity index (χ4v) is 6.16. The van der Waals surface area contributed by atoms with Gasteiger partial charge in [0.25, 0.3) is 0 Å². The van der Waals surface area contributed by atoms with Gasteiger partial charge in [-0.3, -0.25) is 0 Å². The van der Waals surface area contributed by atoms with E-state index in [4.69, 9.17) is 19.0 Å². The van der Waals surface area contributed by atoms with Gasteiger partial charge in [-0.25, -0.2) is 0 Å². The summed E-state index contributed by atoms with van der Waals surface area (Å²) in [6.07, 6.45) is 27.3. The van der Waals surface area contributed by atoms with Gasteiger partial charge >= 0.3 is 8.80 Å². The average Bonchev–Trinajstić information content (AvgIpc) is 2.79. The number of hydrogen-bond donors (Lipinski definition) is 1. The highest BCUT2D eigenvalue weighted by atomic mass is 35.5. The van der Waals surface area contributed by atoms with Crippen molar-refractivity contribution < 1.29 is 13.3 Å². The molecule has 0 aliphatic heterocycles. The average molecular weight is 496 g/mol. The Hall–Kier alpha value is 0.347. The second kappa shape index (κ2) is 26.0. The molecule has 1 unspecified atom stereocenters. The van der Waals surface area contributed by atoms with Gasteiger partial charge in [-0.15, -0.1) is 12.4 Å². The third-order valence-corrected chi connectivity index (χ3v) is 9.50. The van der Waals surface area contributed by atoms with Gasteiger partial charge in [-0.05, 0) is 19.3 Å². The Morgan fingerprint density at radius 1 is 0.531 bits per heavy atom. The Kier molecular flexibility index (Phi) is 28.0. The lowest BCUT2D eigenvalue weighted by molar-refractivity contribution is 0.122. The van der Waals surface area contributed by atoms with E-state index in [0.29, 0.717) is 6.04 Å². The molecule has 0 rings (SSSR count). The van der Waals surface area contributed by atoms with Crippen LogP contribution in [0.4, 0.5) is 0 Å². The topological polar surface area (TPSA) is 53.7 Å². The maximum Gasteiger partial charge on any atom is 0.500 e. The van der Waals surface area contributed by atoms with E-state index < -0.39 is 8.80 Å². The quantitative estimate of drug-likeness (QED) is 0.102. The Balaban J connectivity index is 0. The second-order valence-electron chi connectivity index (χ2n) is 9.39. The molecule has 0 heterocycles. The Morgan fingerprint density at radius 3 is 1.19 bits per heavy atom. The lowest BCUT2D eigenvalue weighted by Gasteiger charge is -2.24. The molecule has 4 nitrogen and oxygen atoms in total. The van der Waals surface area contributed by atoms with E-state index in [1.54, 1.807) is 21.3 Å². The number of rotatable bonds is 25. The van der Waals surface area contributed by atoms with Crippen LogP contribution < -0.4 is 5.73 Å². The first-order valence-electron chi connectivity index (χ1n) is 13.5. The highest BCUT2D eigenvalue weighted by molar-refractivity contribution is 6.60. The molecule has 196 valence electrons. The van der Waals surface area contributed by atoms with Crippen LogP contribution in [0.1, 0.15) is 135 Å². The summed E-state index contributed by atoms with van der Waals surface area (Å²) in [7, 11) is 2.61. The first kappa shape index (κ1) is 34.5. The van der Waals surface area contributed by atoms with Crippen LogP contribution in [-0.2, 0) is 13.3 Å². The Labute approximate surface area is 208 Å². The molecule has 0 saturated heterocycles. The van der Waals surface area contributed by atoms with E-state index in [1.165, 1.54) is 109 Å². The zero-order valence-corrected chi connectivity index (χ0v) is 24.0. The molecule has 1 atom stereocenters. The van der Waals surface area contributed by atoms with Crippen LogP contribution in [0, 0.1) is 0 Å². The van der Waals surface area contributed by atoms with Gasteiger partial charge in [-0.1, -0.05) is 116 Å². The van der Waals surface area contributed by atoms with Crippen LogP contribution in [0.25, 0.3) is 0 Å². The van der Waals surface area contributed by atoms with Crippen molar-refractivity contribution in [2.75, 3.05) is 21.3 Å². The summed E-state index contributed by atoms with van der Waals surface area (Å²) in [5.74, 6) is 0. The zero-order chi connectivity index (χ0) is 23.0. The van der Waals surface area contributed by atoms with E-state index in [-0.39, 0.29) is 12.4 Å². The standard InChI is InChI=1S/C26H57NO3Si.ClH/c1-5-6-7-8-9-10-11-12-13-14-15-16-17-18-19-20-21-23-26(27)24-22-25-31(28-2,29-3)30-4;/h26H,5-25,27H2,1-4H3;1H. The van der Waals surface area contributed by atoms with Crippen LogP contribution >= 0.6 is 12.4 Å². The maximum atomic E-state index is 6.29. The van der Waals surface area contributed by atoms with Crippen molar-refractivity contribution in [3.05, 3.63) is 0 Å². The normalized spacial score (nSPS) is 12.7. The van der Waals surface area contributed by atoms with Gasteiger partial charge < -0.3 is 19.0 Å². The summed E-state index contributed by atoms with van der Waals surface area (Å²) in [6.45, 7) is 2.29. The summed E-state index contributed by atoms with van der Waals surface area (Å²) in [6, 6.07) is 1.15. The van der Waals surface area contributed by atoms with Crippen LogP contribution in [-0.4, -0.2) is 36.2 Å². The maximum absolute atomic E-state index is 6.29. The summed E-state index contributed by atoms with van der Waals surface area (Å²) >= 11 is 0. The van der Waals surface area contributed by atoms with E-state index >= 15 is 0 Å². The molecule has 0 aliphatic rings. The number of hydrogen-bond acceptors (Lipinski definition) is 4. The number of halogens is 1. The van der Waals surface area contributed by atoms with Crippen molar-refractivity contribution in [1.82, 2.24) is 0 Å². The van der Waals surface area contributed by atoms with E-state index in [0.717, 1.165) is 25.3 Å². The molecule has 2 N–H and O–H groups in total. The largest absolute Gasteiger partial charge is 0.500 e. The van der Waals surface area contributed by atoms with Crippen molar-refractivity contribution >= 4 is 21.2 Å². The van der Waals surface area contributed by atoms with Crippen molar-refractivity contribution in [2.24, 2.45) is 5.73 Å². The minimum atomic E-state index is -2.42. The smallest absolute Gasteiger partial charge is 0.377 e.